The van der Waals surface area contributed by atoms with Crippen LogP contribution in [0.5, 0.6) is 0 Å². The average Bonchev–Trinajstić information content (AvgIpc) is 2.82. The molecule has 3 nitrogen and oxygen atoms in total. The van der Waals surface area contributed by atoms with Crippen LogP contribution in [0.3, 0.4) is 0 Å². The van der Waals surface area contributed by atoms with Crippen LogP contribution in [-0.4, -0.2) is 15.1 Å². The molecule has 1 heterocycles. The minimum absolute atomic E-state index is 0.267. The molecule has 13 heavy (non-hydrogen) atoms. The summed E-state index contributed by atoms with van der Waals surface area (Å²) >= 11 is 1.41. The Kier molecular flexibility index (Phi) is 2.34. The molecule has 1 saturated carbocycles. The van der Waals surface area contributed by atoms with Crippen molar-refractivity contribution in [1.29, 1.82) is 0 Å². The molecule has 0 radical (unpaired) electrons. The molecule has 0 aliphatic heterocycles. The molecule has 0 bridgehead atoms. The highest BCUT2D eigenvalue weighted by molar-refractivity contribution is 7.03. The summed E-state index contributed by atoms with van der Waals surface area (Å²) in [6, 6.07) is 0. The molecule has 1 aliphatic carbocycles. The lowest BCUT2D eigenvalue weighted by Crippen LogP contribution is -2.40. The van der Waals surface area contributed by atoms with Crippen LogP contribution in [0.4, 0.5) is 0 Å². The zero-order chi connectivity index (χ0) is 9.31. The number of hydrogen-bond donors (Lipinski definition) is 1. The van der Waals surface area contributed by atoms with Gasteiger partial charge in [-0.05, 0) is 44.1 Å². The predicted octanol–water partition coefficient (Wildman–Crippen LogP) is 1.82. The molecule has 1 N–H and O–H groups in total. The second kappa shape index (κ2) is 3.35. The molecular weight excluding hydrogens is 182 g/mol. The Labute approximate surface area is 82.7 Å². The molecule has 4 heteroatoms. The summed E-state index contributed by atoms with van der Waals surface area (Å²) in [4.78, 5) is 0. The number of rotatable bonds is 4. The Bertz CT molecular complexity index is 264. The summed E-state index contributed by atoms with van der Waals surface area (Å²) in [5.41, 5.74) is 1.32. The molecule has 0 amide bonds. The van der Waals surface area contributed by atoms with E-state index in [9.17, 15) is 0 Å². The third-order valence-corrected chi connectivity index (χ3v) is 3.28. The summed E-state index contributed by atoms with van der Waals surface area (Å²) in [5.74, 6) is 0.860. The molecule has 0 atom stereocenters. The second-order valence-electron chi connectivity index (χ2n) is 4.25. The van der Waals surface area contributed by atoms with E-state index in [0.29, 0.717) is 0 Å². The lowest BCUT2D eigenvalue weighted by atomic mass is 9.99. The molecule has 0 unspecified atom stereocenters. The Balaban J connectivity index is 1.84. The van der Waals surface area contributed by atoms with Crippen LogP contribution < -0.4 is 5.32 Å². The normalized spacial score (nSPS) is 17.7. The van der Waals surface area contributed by atoms with Gasteiger partial charge in [0, 0.05) is 17.5 Å². The highest BCUT2D eigenvalue weighted by Gasteiger charge is 2.37. The molecule has 0 aromatic carbocycles. The van der Waals surface area contributed by atoms with Crippen LogP contribution >= 0.6 is 11.5 Å². The first-order valence-electron chi connectivity index (χ1n) is 4.69. The minimum Gasteiger partial charge on any atom is -0.306 e. The number of nitrogens with zero attached hydrogens (tertiary/aromatic N) is 2. The summed E-state index contributed by atoms with van der Waals surface area (Å²) < 4.78 is 3.83. The zero-order valence-electron chi connectivity index (χ0n) is 8.08. The first-order valence-corrected chi connectivity index (χ1v) is 5.53. The Hall–Kier alpha value is -0.480. The van der Waals surface area contributed by atoms with Crippen LogP contribution in [0.2, 0.25) is 0 Å². The van der Waals surface area contributed by atoms with Crippen molar-refractivity contribution < 1.29 is 0 Å². The third-order valence-electron chi connectivity index (χ3n) is 2.73. The number of aromatic nitrogens is 2. The van der Waals surface area contributed by atoms with E-state index < -0.39 is 0 Å². The highest BCUT2D eigenvalue weighted by Crippen LogP contribution is 2.39. The van der Waals surface area contributed by atoms with Crippen LogP contribution in [0, 0.1) is 5.92 Å². The molecule has 1 aromatic rings. The molecule has 1 aliphatic rings. The van der Waals surface area contributed by atoms with Crippen molar-refractivity contribution in [2.75, 3.05) is 0 Å². The maximum Gasteiger partial charge on any atom is 0.0893 e. The first kappa shape index (κ1) is 9.09. The Morgan fingerprint density at radius 3 is 2.92 bits per heavy atom. The van der Waals surface area contributed by atoms with Crippen molar-refractivity contribution in [2.24, 2.45) is 5.92 Å². The molecular formula is C9H15N3S. The fraction of sp³-hybridized carbons (Fsp3) is 0.778. The summed E-state index contributed by atoms with van der Waals surface area (Å²) in [6.07, 6.45) is 2.74. The van der Waals surface area contributed by atoms with E-state index in [0.717, 1.165) is 18.2 Å². The van der Waals surface area contributed by atoms with Gasteiger partial charge in [-0.1, -0.05) is 4.49 Å². The quantitative estimate of drug-likeness (QED) is 0.800. The van der Waals surface area contributed by atoms with Gasteiger partial charge in [0.1, 0.15) is 0 Å². The van der Waals surface area contributed by atoms with Gasteiger partial charge in [0.05, 0.1) is 5.69 Å². The smallest absolute Gasteiger partial charge is 0.0893 e. The SMILES string of the molecule is CC(C)(NCc1csnn1)C1CC1. The molecule has 1 fully saturated rings. The molecule has 0 spiro atoms. The largest absolute Gasteiger partial charge is 0.306 e. The Morgan fingerprint density at radius 2 is 2.38 bits per heavy atom. The van der Waals surface area contributed by atoms with Crippen molar-refractivity contribution >= 4 is 11.5 Å². The van der Waals surface area contributed by atoms with E-state index in [1.165, 1.54) is 24.4 Å². The van der Waals surface area contributed by atoms with Crippen LogP contribution in [0.15, 0.2) is 5.38 Å². The maximum absolute atomic E-state index is 4.01. The van der Waals surface area contributed by atoms with E-state index in [1.807, 2.05) is 5.38 Å². The van der Waals surface area contributed by atoms with Crippen LogP contribution in [-0.2, 0) is 6.54 Å². The predicted molar refractivity (Wildman–Crippen MR) is 53.6 cm³/mol. The van der Waals surface area contributed by atoms with E-state index in [4.69, 9.17) is 0 Å². The highest BCUT2D eigenvalue weighted by atomic mass is 32.1. The topological polar surface area (TPSA) is 37.8 Å². The van der Waals surface area contributed by atoms with Gasteiger partial charge in [-0.25, -0.2) is 0 Å². The van der Waals surface area contributed by atoms with Crippen molar-refractivity contribution in [3.8, 4) is 0 Å². The van der Waals surface area contributed by atoms with Gasteiger partial charge >= 0.3 is 0 Å². The molecule has 72 valence electrons. The monoisotopic (exact) mass is 197 g/mol. The Morgan fingerprint density at radius 1 is 1.62 bits per heavy atom. The van der Waals surface area contributed by atoms with E-state index >= 15 is 0 Å². The summed E-state index contributed by atoms with van der Waals surface area (Å²) in [6.45, 7) is 5.38. The van der Waals surface area contributed by atoms with Crippen molar-refractivity contribution in [3.05, 3.63) is 11.1 Å². The first-order chi connectivity index (χ1) is 6.18. The van der Waals surface area contributed by atoms with Gasteiger partial charge in [0.25, 0.3) is 0 Å². The number of hydrogen-bond acceptors (Lipinski definition) is 4. The van der Waals surface area contributed by atoms with E-state index in [1.54, 1.807) is 0 Å². The zero-order valence-corrected chi connectivity index (χ0v) is 8.90. The lowest BCUT2D eigenvalue weighted by Gasteiger charge is -2.25. The maximum atomic E-state index is 4.01. The van der Waals surface area contributed by atoms with Crippen LogP contribution in [0.25, 0.3) is 0 Å². The van der Waals surface area contributed by atoms with Gasteiger partial charge in [-0.15, -0.1) is 5.10 Å². The summed E-state index contributed by atoms with van der Waals surface area (Å²) in [7, 11) is 0. The van der Waals surface area contributed by atoms with Gasteiger partial charge in [0.15, 0.2) is 0 Å². The molecule has 0 saturated heterocycles. The number of nitrogens with one attached hydrogen (secondary N) is 1. The standard InChI is InChI=1S/C9H15N3S/c1-9(2,7-3-4-7)10-5-8-6-13-12-11-8/h6-7,10H,3-5H2,1-2H3. The van der Waals surface area contributed by atoms with E-state index in [2.05, 4.69) is 28.8 Å². The van der Waals surface area contributed by atoms with Gasteiger partial charge in [-0.3, -0.25) is 0 Å². The molecule has 1 aromatic heterocycles. The van der Waals surface area contributed by atoms with Gasteiger partial charge < -0.3 is 5.32 Å². The minimum atomic E-state index is 0.267. The fourth-order valence-corrected chi connectivity index (χ4v) is 1.98. The van der Waals surface area contributed by atoms with Gasteiger partial charge in [0.2, 0.25) is 0 Å². The fourth-order valence-electron chi connectivity index (χ4n) is 1.53. The summed E-state index contributed by atoms with van der Waals surface area (Å²) in [5, 5.41) is 9.53. The average molecular weight is 197 g/mol. The van der Waals surface area contributed by atoms with Gasteiger partial charge in [-0.2, -0.15) is 0 Å². The van der Waals surface area contributed by atoms with Crippen molar-refractivity contribution in [2.45, 2.75) is 38.8 Å². The van der Waals surface area contributed by atoms with Crippen LogP contribution in [0.1, 0.15) is 32.4 Å². The van der Waals surface area contributed by atoms with E-state index in [-0.39, 0.29) is 5.54 Å². The molecule has 2 rings (SSSR count). The second-order valence-corrected chi connectivity index (χ2v) is 4.86. The third kappa shape index (κ3) is 2.25. The lowest BCUT2D eigenvalue weighted by molar-refractivity contribution is 0.337. The van der Waals surface area contributed by atoms with Crippen molar-refractivity contribution in [1.82, 2.24) is 14.9 Å². The van der Waals surface area contributed by atoms with Crippen molar-refractivity contribution in [3.63, 3.8) is 0 Å².